The number of aromatic nitrogens is 4. The average Bonchev–Trinajstić information content (AvgIpc) is 2.83. The molecule has 1 aromatic carbocycles. The first kappa shape index (κ1) is 25.9. The summed E-state index contributed by atoms with van der Waals surface area (Å²) in [7, 11) is 4.08. The fourth-order valence-electron chi connectivity index (χ4n) is 2.32. The van der Waals surface area contributed by atoms with Crippen LogP contribution in [0.1, 0.15) is 26.5 Å². The second-order valence-electron chi connectivity index (χ2n) is 6.10. The zero-order valence-corrected chi connectivity index (χ0v) is 20.8. The number of benzene rings is 1. The Morgan fingerprint density at radius 3 is 2.06 bits per heavy atom. The van der Waals surface area contributed by atoms with E-state index in [4.69, 9.17) is 4.74 Å². The quantitative estimate of drug-likeness (QED) is 0.446. The SMILES string of the molecule is COC(=O)c1cc(Br)c(=O)[nH]n1.COC(=O)c1cc(Br)c(=O)n(Cc2ccc(OC)cc2)n1. The highest BCUT2D eigenvalue weighted by atomic mass is 79.9. The maximum Gasteiger partial charge on any atom is 0.358 e. The van der Waals surface area contributed by atoms with Gasteiger partial charge in [-0.25, -0.2) is 19.4 Å². The van der Waals surface area contributed by atoms with Crippen molar-refractivity contribution >= 4 is 43.8 Å². The molecule has 1 N–H and O–H groups in total. The lowest BCUT2D eigenvalue weighted by atomic mass is 10.2. The molecule has 0 fully saturated rings. The summed E-state index contributed by atoms with van der Waals surface area (Å²) in [5.41, 5.74) is 0.280. The molecule has 0 atom stereocenters. The van der Waals surface area contributed by atoms with E-state index in [1.54, 1.807) is 19.2 Å². The lowest BCUT2D eigenvalue weighted by Gasteiger charge is -2.08. The fraction of sp³-hybridized carbons (Fsp3) is 0.200. The highest BCUT2D eigenvalue weighted by Gasteiger charge is 2.13. The molecular formula is C20H18Br2N4O7. The largest absolute Gasteiger partial charge is 0.497 e. The number of hydrogen-bond acceptors (Lipinski definition) is 9. The van der Waals surface area contributed by atoms with E-state index in [-0.39, 0.29) is 38.0 Å². The van der Waals surface area contributed by atoms with E-state index in [1.165, 1.54) is 31.0 Å². The molecule has 11 nitrogen and oxygen atoms in total. The van der Waals surface area contributed by atoms with Gasteiger partial charge in [0.25, 0.3) is 11.1 Å². The zero-order chi connectivity index (χ0) is 24.5. The smallest absolute Gasteiger partial charge is 0.358 e. The number of methoxy groups -OCH3 is 3. The predicted molar refractivity (Wildman–Crippen MR) is 124 cm³/mol. The standard InChI is InChI=1S/C14H13BrN2O4.C6H5BrN2O3/c1-20-10-5-3-9(4-6-10)8-17-13(18)11(15)7-12(16-17)14(19)21-2;1-12-6(11)4-2-3(7)5(10)9-8-4/h3-7H,8H2,1-2H3;2H,1H3,(H,9,10). The highest BCUT2D eigenvalue weighted by molar-refractivity contribution is 9.10. The maximum atomic E-state index is 12.0. The Morgan fingerprint density at radius 1 is 0.939 bits per heavy atom. The minimum Gasteiger partial charge on any atom is -0.497 e. The molecule has 0 aliphatic carbocycles. The van der Waals surface area contributed by atoms with Gasteiger partial charge in [0.1, 0.15) is 5.75 Å². The number of aromatic amines is 1. The molecule has 0 saturated carbocycles. The summed E-state index contributed by atoms with van der Waals surface area (Å²) in [5, 5.41) is 9.61. The van der Waals surface area contributed by atoms with Crippen molar-refractivity contribution in [2.45, 2.75) is 6.54 Å². The molecule has 0 unspecified atom stereocenters. The van der Waals surface area contributed by atoms with Crippen LogP contribution in [0.5, 0.6) is 5.75 Å². The number of nitrogens with one attached hydrogen (secondary N) is 1. The number of ether oxygens (including phenoxy) is 3. The van der Waals surface area contributed by atoms with E-state index < -0.39 is 11.9 Å². The molecule has 0 amide bonds. The third kappa shape index (κ3) is 7.08. The summed E-state index contributed by atoms with van der Waals surface area (Å²) in [6.07, 6.45) is 0. The van der Waals surface area contributed by atoms with Gasteiger partial charge in [-0.15, -0.1) is 0 Å². The lowest BCUT2D eigenvalue weighted by Crippen LogP contribution is -2.26. The minimum absolute atomic E-state index is 0.0592. The monoisotopic (exact) mass is 584 g/mol. The Balaban J connectivity index is 0.000000273. The van der Waals surface area contributed by atoms with Crippen molar-refractivity contribution in [3.05, 3.63) is 83.0 Å². The van der Waals surface area contributed by atoms with Crippen LogP contribution < -0.4 is 15.9 Å². The molecule has 2 heterocycles. The molecule has 33 heavy (non-hydrogen) atoms. The van der Waals surface area contributed by atoms with Crippen LogP contribution in [0.2, 0.25) is 0 Å². The second-order valence-corrected chi connectivity index (χ2v) is 7.81. The first-order chi connectivity index (χ1) is 15.7. The topological polar surface area (TPSA) is 142 Å². The van der Waals surface area contributed by atoms with Crippen LogP contribution >= 0.6 is 31.9 Å². The van der Waals surface area contributed by atoms with E-state index in [1.807, 2.05) is 12.1 Å². The summed E-state index contributed by atoms with van der Waals surface area (Å²) >= 11 is 6.08. The number of rotatable bonds is 5. The number of esters is 2. The van der Waals surface area contributed by atoms with E-state index in [0.717, 1.165) is 11.3 Å². The van der Waals surface area contributed by atoms with Gasteiger partial charge in [-0.05, 0) is 61.7 Å². The molecule has 0 bridgehead atoms. The molecule has 0 aliphatic heterocycles. The fourth-order valence-corrected chi connectivity index (χ4v) is 3.04. The number of hydrogen-bond donors (Lipinski definition) is 1. The first-order valence-electron chi connectivity index (χ1n) is 9.02. The predicted octanol–water partition coefficient (Wildman–Crippen LogP) is 2.17. The molecule has 2 aromatic heterocycles. The van der Waals surface area contributed by atoms with Crippen LogP contribution in [-0.2, 0) is 16.0 Å². The van der Waals surface area contributed by atoms with E-state index in [9.17, 15) is 19.2 Å². The van der Waals surface area contributed by atoms with Gasteiger partial charge >= 0.3 is 11.9 Å². The molecule has 3 aromatic rings. The summed E-state index contributed by atoms with van der Waals surface area (Å²) in [6.45, 7) is 0.242. The van der Waals surface area contributed by atoms with Crippen molar-refractivity contribution in [1.82, 2.24) is 20.0 Å². The first-order valence-corrected chi connectivity index (χ1v) is 10.6. The average molecular weight is 586 g/mol. The Morgan fingerprint density at radius 2 is 1.52 bits per heavy atom. The number of halogens is 2. The van der Waals surface area contributed by atoms with Gasteiger partial charge in [-0.1, -0.05) is 12.1 Å². The van der Waals surface area contributed by atoms with E-state index in [0.29, 0.717) is 0 Å². The van der Waals surface area contributed by atoms with Crippen LogP contribution in [0.4, 0.5) is 0 Å². The van der Waals surface area contributed by atoms with Crippen LogP contribution in [0.15, 0.2) is 54.9 Å². The molecule has 174 valence electrons. The van der Waals surface area contributed by atoms with Crippen LogP contribution in [-0.4, -0.2) is 53.2 Å². The molecule has 13 heteroatoms. The highest BCUT2D eigenvalue weighted by Crippen LogP contribution is 2.12. The van der Waals surface area contributed by atoms with Gasteiger partial charge in [-0.3, -0.25) is 9.59 Å². The summed E-state index contributed by atoms with van der Waals surface area (Å²) in [4.78, 5) is 45.2. The van der Waals surface area contributed by atoms with Crippen LogP contribution in [0.25, 0.3) is 0 Å². The Bertz CT molecular complexity index is 1260. The summed E-state index contributed by atoms with van der Waals surface area (Å²) < 4.78 is 15.8. The van der Waals surface area contributed by atoms with Crippen molar-refractivity contribution in [1.29, 1.82) is 0 Å². The summed E-state index contributed by atoms with van der Waals surface area (Å²) in [6, 6.07) is 9.87. The van der Waals surface area contributed by atoms with Gasteiger partial charge in [0, 0.05) is 0 Å². The molecular weight excluding hydrogens is 568 g/mol. The maximum absolute atomic E-state index is 12.0. The number of carbonyl (C=O) groups excluding carboxylic acids is 2. The van der Waals surface area contributed by atoms with Crippen molar-refractivity contribution in [3.8, 4) is 5.75 Å². The Labute approximate surface area is 203 Å². The van der Waals surface area contributed by atoms with E-state index >= 15 is 0 Å². The number of carbonyl (C=O) groups is 2. The third-order valence-corrected chi connectivity index (χ3v) is 5.13. The van der Waals surface area contributed by atoms with Gasteiger partial charge in [0.15, 0.2) is 11.4 Å². The lowest BCUT2D eigenvalue weighted by molar-refractivity contribution is 0.0583. The molecule has 0 spiro atoms. The van der Waals surface area contributed by atoms with Crippen molar-refractivity contribution in [2.24, 2.45) is 0 Å². The van der Waals surface area contributed by atoms with Crippen LogP contribution in [0.3, 0.4) is 0 Å². The molecule has 0 radical (unpaired) electrons. The third-order valence-electron chi connectivity index (χ3n) is 3.97. The van der Waals surface area contributed by atoms with Crippen molar-refractivity contribution in [2.75, 3.05) is 21.3 Å². The van der Waals surface area contributed by atoms with E-state index in [2.05, 4.69) is 56.6 Å². The van der Waals surface area contributed by atoms with Crippen molar-refractivity contribution < 1.29 is 23.8 Å². The zero-order valence-electron chi connectivity index (χ0n) is 17.6. The molecule has 0 saturated heterocycles. The normalized spacial score (nSPS) is 9.97. The second kappa shape index (κ2) is 12.1. The van der Waals surface area contributed by atoms with Gasteiger partial charge in [0.05, 0.1) is 36.8 Å². The number of nitrogens with zero attached hydrogens (tertiary/aromatic N) is 3. The van der Waals surface area contributed by atoms with Gasteiger partial charge < -0.3 is 14.2 Å². The molecule has 3 rings (SSSR count). The van der Waals surface area contributed by atoms with Gasteiger partial charge in [0.2, 0.25) is 0 Å². The van der Waals surface area contributed by atoms with Crippen LogP contribution in [0, 0.1) is 0 Å². The minimum atomic E-state index is -0.598. The number of H-pyrrole nitrogens is 1. The molecule has 0 aliphatic rings. The summed E-state index contributed by atoms with van der Waals surface area (Å²) in [5.74, 6) is -0.463. The van der Waals surface area contributed by atoms with Crippen molar-refractivity contribution in [3.63, 3.8) is 0 Å². The van der Waals surface area contributed by atoms with Gasteiger partial charge in [-0.2, -0.15) is 10.2 Å². The Hall–Kier alpha value is -3.32. The Kier molecular flexibility index (Phi) is 9.48.